The second-order valence-electron chi connectivity index (χ2n) is 8.70. The zero-order valence-electron chi connectivity index (χ0n) is 19.8. The summed E-state index contributed by atoms with van der Waals surface area (Å²) in [4.78, 5) is 29.6. The largest absolute Gasteiger partial charge is 0.481 e. The van der Waals surface area contributed by atoms with Gasteiger partial charge in [0.15, 0.2) is 0 Å². The molecule has 7 heteroatoms. The van der Waals surface area contributed by atoms with E-state index in [9.17, 15) is 9.59 Å². The van der Waals surface area contributed by atoms with E-state index in [1.165, 1.54) is 0 Å². The molecule has 0 bridgehead atoms. The Labute approximate surface area is 223 Å². The molecule has 5 nitrogen and oxygen atoms in total. The van der Waals surface area contributed by atoms with E-state index in [0.29, 0.717) is 30.0 Å². The lowest BCUT2D eigenvalue weighted by molar-refractivity contribution is -0.137. The Balaban J connectivity index is 1.69. The highest BCUT2D eigenvalue weighted by Gasteiger charge is 2.22. The highest BCUT2D eigenvalue weighted by atomic mass is 79.9. The van der Waals surface area contributed by atoms with Crippen LogP contribution in [-0.4, -0.2) is 28.5 Å². The molecule has 1 aromatic heterocycles. The van der Waals surface area contributed by atoms with E-state index in [-0.39, 0.29) is 18.2 Å². The molecule has 1 heterocycles. The van der Waals surface area contributed by atoms with E-state index in [1.54, 1.807) is 0 Å². The number of amides is 1. The zero-order valence-corrected chi connectivity index (χ0v) is 22.1. The van der Waals surface area contributed by atoms with E-state index in [0.717, 1.165) is 37.8 Å². The van der Waals surface area contributed by atoms with Gasteiger partial charge in [0.05, 0.1) is 16.8 Å². The van der Waals surface area contributed by atoms with Crippen LogP contribution in [0.25, 0.3) is 22.2 Å². The Morgan fingerprint density at radius 1 is 1.06 bits per heavy atom. The number of rotatable bonds is 9. The number of nitrogens with zero attached hydrogens (tertiary/aromatic N) is 1. The monoisotopic (exact) mass is 564 g/mol. The summed E-state index contributed by atoms with van der Waals surface area (Å²) in [6.45, 7) is 2.25. The van der Waals surface area contributed by atoms with Crippen LogP contribution in [-0.2, 0) is 4.79 Å². The number of hydrogen-bond donors (Lipinski definition) is 2. The predicted molar refractivity (Wildman–Crippen MR) is 148 cm³/mol. The molecule has 0 fully saturated rings. The molecule has 2 N–H and O–H groups in total. The minimum atomic E-state index is -0.838. The van der Waals surface area contributed by atoms with Gasteiger partial charge in [-0.3, -0.25) is 9.59 Å². The Morgan fingerprint density at radius 3 is 2.50 bits per heavy atom. The number of aliphatic carboxylic acids is 1. The van der Waals surface area contributed by atoms with Gasteiger partial charge in [0.1, 0.15) is 0 Å². The lowest BCUT2D eigenvalue weighted by Gasteiger charge is -2.20. The van der Waals surface area contributed by atoms with Gasteiger partial charge in [-0.2, -0.15) is 0 Å². The first-order valence-corrected chi connectivity index (χ1v) is 12.9. The maximum Gasteiger partial charge on any atom is 0.303 e. The highest BCUT2D eigenvalue weighted by molar-refractivity contribution is 9.10. The van der Waals surface area contributed by atoms with Gasteiger partial charge < -0.3 is 10.4 Å². The standard InChI is InChI=1S/C29H26BrClN2O3/c1-18-27(23-16-21(30)14-15-25(23)33-28(18)19-8-3-2-4-9-19)29(36)32-17-20(10-7-13-26(34)35)22-11-5-6-12-24(22)31/h2-6,8-9,11-12,14-16,20H,7,10,13,17H2,1H3,(H,32,36)(H,34,35). The Morgan fingerprint density at radius 2 is 1.78 bits per heavy atom. The number of carbonyl (C=O) groups is 2. The molecule has 0 aliphatic heterocycles. The third-order valence-corrected chi connectivity index (χ3v) is 7.10. The van der Waals surface area contributed by atoms with Crippen LogP contribution in [0.5, 0.6) is 0 Å². The lowest BCUT2D eigenvalue weighted by atomic mass is 9.92. The molecule has 4 aromatic rings. The number of hydrogen-bond acceptors (Lipinski definition) is 3. The molecule has 3 aromatic carbocycles. The molecule has 0 saturated heterocycles. The summed E-state index contributed by atoms with van der Waals surface area (Å²) in [5.41, 5.74) is 4.70. The number of carboxylic acid groups (broad SMARTS) is 1. The van der Waals surface area contributed by atoms with E-state index < -0.39 is 5.97 Å². The number of benzene rings is 3. The van der Waals surface area contributed by atoms with Gasteiger partial charge in [-0.25, -0.2) is 4.98 Å². The Bertz CT molecular complexity index is 1410. The number of nitrogens with one attached hydrogen (secondary N) is 1. The summed E-state index contributed by atoms with van der Waals surface area (Å²) in [7, 11) is 0. The summed E-state index contributed by atoms with van der Waals surface area (Å²) in [6, 6.07) is 23.0. The van der Waals surface area contributed by atoms with Crippen LogP contribution in [0, 0.1) is 6.92 Å². The molecule has 1 unspecified atom stereocenters. The van der Waals surface area contributed by atoms with Crippen LogP contribution in [0.15, 0.2) is 77.3 Å². The number of halogens is 2. The van der Waals surface area contributed by atoms with Gasteiger partial charge >= 0.3 is 5.97 Å². The fraction of sp³-hybridized carbons (Fsp3) is 0.207. The Hall–Kier alpha value is -3.22. The number of carbonyl (C=O) groups excluding carboxylic acids is 1. The molecular formula is C29H26BrClN2O3. The van der Waals surface area contributed by atoms with Gasteiger partial charge in [0.25, 0.3) is 5.91 Å². The molecular weight excluding hydrogens is 540 g/mol. The predicted octanol–water partition coefficient (Wildman–Crippen LogP) is 7.39. The molecule has 4 rings (SSSR count). The Kier molecular flexibility index (Phi) is 8.39. The SMILES string of the molecule is Cc1c(-c2ccccc2)nc2ccc(Br)cc2c1C(=O)NCC(CCCC(=O)O)c1ccccc1Cl. The van der Waals surface area contributed by atoms with Gasteiger partial charge in [0.2, 0.25) is 0 Å². The zero-order chi connectivity index (χ0) is 25.7. The number of aromatic nitrogens is 1. The minimum absolute atomic E-state index is 0.0669. The summed E-state index contributed by atoms with van der Waals surface area (Å²) in [5.74, 6) is -1.16. The van der Waals surface area contributed by atoms with Gasteiger partial charge in [0, 0.05) is 39.3 Å². The van der Waals surface area contributed by atoms with Crippen molar-refractivity contribution in [3.63, 3.8) is 0 Å². The summed E-state index contributed by atoms with van der Waals surface area (Å²) < 4.78 is 0.861. The molecule has 0 spiro atoms. The van der Waals surface area contributed by atoms with Crippen molar-refractivity contribution >= 4 is 50.3 Å². The maximum atomic E-state index is 13.7. The van der Waals surface area contributed by atoms with Gasteiger partial charge in [-0.15, -0.1) is 0 Å². The van der Waals surface area contributed by atoms with Gasteiger partial charge in [-0.05, 0) is 55.2 Å². The van der Waals surface area contributed by atoms with Crippen molar-refractivity contribution in [2.45, 2.75) is 32.1 Å². The third-order valence-electron chi connectivity index (χ3n) is 6.26. The van der Waals surface area contributed by atoms with Crippen molar-refractivity contribution in [2.24, 2.45) is 0 Å². The maximum absolute atomic E-state index is 13.7. The average Bonchev–Trinajstić information content (AvgIpc) is 2.86. The molecule has 0 aliphatic carbocycles. The first-order chi connectivity index (χ1) is 17.3. The van der Waals surface area contributed by atoms with E-state index in [1.807, 2.05) is 79.7 Å². The molecule has 0 saturated carbocycles. The first-order valence-electron chi connectivity index (χ1n) is 11.7. The minimum Gasteiger partial charge on any atom is -0.481 e. The van der Waals surface area contributed by atoms with Crippen molar-refractivity contribution in [3.05, 3.63) is 99.0 Å². The average molecular weight is 566 g/mol. The first kappa shape index (κ1) is 25.9. The molecule has 184 valence electrons. The van der Waals surface area contributed by atoms with Crippen molar-refractivity contribution < 1.29 is 14.7 Å². The number of carboxylic acids is 1. The number of fused-ring (bicyclic) bond motifs is 1. The second kappa shape index (κ2) is 11.7. The topological polar surface area (TPSA) is 79.3 Å². The second-order valence-corrected chi connectivity index (χ2v) is 10.0. The fourth-order valence-electron chi connectivity index (χ4n) is 4.48. The van der Waals surface area contributed by atoms with E-state index in [2.05, 4.69) is 21.2 Å². The summed E-state index contributed by atoms with van der Waals surface area (Å²) >= 11 is 9.98. The smallest absolute Gasteiger partial charge is 0.303 e. The van der Waals surface area contributed by atoms with Crippen LogP contribution in [0.4, 0.5) is 0 Å². The van der Waals surface area contributed by atoms with Gasteiger partial charge in [-0.1, -0.05) is 76.1 Å². The van der Waals surface area contributed by atoms with E-state index >= 15 is 0 Å². The van der Waals surface area contributed by atoms with Crippen LogP contribution in [0.1, 0.15) is 46.7 Å². The van der Waals surface area contributed by atoms with Crippen LogP contribution in [0.3, 0.4) is 0 Å². The normalized spacial score (nSPS) is 11.9. The van der Waals surface area contributed by atoms with Crippen LogP contribution < -0.4 is 5.32 Å². The lowest BCUT2D eigenvalue weighted by Crippen LogP contribution is -2.29. The van der Waals surface area contributed by atoms with Crippen molar-refractivity contribution in [1.29, 1.82) is 0 Å². The van der Waals surface area contributed by atoms with E-state index in [4.69, 9.17) is 21.7 Å². The van der Waals surface area contributed by atoms with Crippen molar-refractivity contribution in [2.75, 3.05) is 6.54 Å². The quantitative estimate of drug-likeness (QED) is 0.222. The van der Waals surface area contributed by atoms with Crippen LogP contribution in [0.2, 0.25) is 5.02 Å². The van der Waals surface area contributed by atoms with Crippen molar-refractivity contribution in [3.8, 4) is 11.3 Å². The fourth-order valence-corrected chi connectivity index (χ4v) is 5.13. The third kappa shape index (κ3) is 5.94. The summed E-state index contributed by atoms with van der Waals surface area (Å²) in [6.07, 6.45) is 1.15. The summed E-state index contributed by atoms with van der Waals surface area (Å²) in [5, 5.41) is 13.6. The number of pyridine rings is 1. The highest BCUT2D eigenvalue weighted by Crippen LogP contribution is 2.32. The van der Waals surface area contributed by atoms with Crippen LogP contribution >= 0.6 is 27.5 Å². The molecule has 0 aliphatic rings. The molecule has 36 heavy (non-hydrogen) atoms. The molecule has 0 radical (unpaired) electrons. The molecule has 1 atom stereocenters. The van der Waals surface area contributed by atoms with Crippen molar-refractivity contribution in [1.82, 2.24) is 10.3 Å². The molecule has 1 amide bonds.